The summed E-state index contributed by atoms with van der Waals surface area (Å²) in [5.74, 6) is 1.29. The first-order valence-corrected chi connectivity index (χ1v) is 11.1. The third kappa shape index (κ3) is 4.32. The molecule has 0 aromatic heterocycles. The molecule has 0 radical (unpaired) electrons. The molecule has 2 aliphatic rings. The number of hydrogen-bond donors (Lipinski definition) is 1. The fourth-order valence-corrected chi connectivity index (χ4v) is 4.73. The van der Waals surface area contributed by atoms with Gasteiger partial charge in [0.2, 0.25) is 0 Å². The van der Waals surface area contributed by atoms with E-state index >= 15 is 0 Å². The summed E-state index contributed by atoms with van der Waals surface area (Å²) in [4.78, 5) is 28.2. The van der Waals surface area contributed by atoms with Crippen molar-refractivity contribution in [2.24, 2.45) is 5.92 Å². The SMILES string of the molecule is COc1ccc(OC)c2c1CN(C(=O)c1ccc(N3CCC(C)CC3)c([N+](=O)[O-])c1)CC2O. The first kappa shape index (κ1) is 22.8. The zero-order chi connectivity index (χ0) is 23.7. The number of nitro groups is 1. The average Bonchev–Trinajstić information content (AvgIpc) is 2.82. The third-order valence-electron chi connectivity index (χ3n) is 6.62. The number of nitro benzene ring substituents is 1. The van der Waals surface area contributed by atoms with Crippen molar-refractivity contribution in [2.45, 2.75) is 32.4 Å². The summed E-state index contributed by atoms with van der Waals surface area (Å²) in [5, 5.41) is 22.6. The van der Waals surface area contributed by atoms with E-state index < -0.39 is 11.0 Å². The van der Waals surface area contributed by atoms with Crippen LogP contribution >= 0.6 is 0 Å². The van der Waals surface area contributed by atoms with Gasteiger partial charge in [-0.05, 0) is 43.0 Å². The maximum Gasteiger partial charge on any atom is 0.293 e. The van der Waals surface area contributed by atoms with E-state index in [-0.39, 0.29) is 30.2 Å². The van der Waals surface area contributed by atoms with Gasteiger partial charge in [0, 0.05) is 35.8 Å². The smallest absolute Gasteiger partial charge is 0.293 e. The number of amides is 1. The van der Waals surface area contributed by atoms with E-state index in [1.54, 1.807) is 24.3 Å². The van der Waals surface area contributed by atoms with E-state index in [9.17, 15) is 20.0 Å². The maximum atomic E-state index is 13.3. The lowest BCUT2D eigenvalue weighted by Gasteiger charge is -2.34. The highest BCUT2D eigenvalue weighted by Gasteiger charge is 2.33. The number of carbonyl (C=O) groups is 1. The molecule has 33 heavy (non-hydrogen) atoms. The molecule has 1 fully saturated rings. The number of aliphatic hydroxyl groups is 1. The molecule has 1 saturated heterocycles. The van der Waals surface area contributed by atoms with Crippen molar-refractivity contribution in [2.75, 3.05) is 38.8 Å². The second-order valence-corrected chi connectivity index (χ2v) is 8.69. The maximum absolute atomic E-state index is 13.3. The average molecular weight is 456 g/mol. The molecule has 9 heteroatoms. The van der Waals surface area contributed by atoms with Crippen LogP contribution in [0, 0.1) is 16.0 Å². The molecule has 9 nitrogen and oxygen atoms in total. The molecular weight excluding hydrogens is 426 g/mol. The van der Waals surface area contributed by atoms with Gasteiger partial charge in [-0.3, -0.25) is 14.9 Å². The Morgan fingerprint density at radius 3 is 2.42 bits per heavy atom. The van der Waals surface area contributed by atoms with Gasteiger partial charge in [0.15, 0.2) is 0 Å². The van der Waals surface area contributed by atoms with E-state index in [4.69, 9.17) is 9.47 Å². The summed E-state index contributed by atoms with van der Waals surface area (Å²) in [6, 6.07) is 8.10. The minimum atomic E-state index is -0.965. The van der Waals surface area contributed by atoms with Crippen LogP contribution in [-0.2, 0) is 6.54 Å². The molecule has 1 amide bonds. The summed E-state index contributed by atoms with van der Waals surface area (Å²) >= 11 is 0. The van der Waals surface area contributed by atoms with Gasteiger partial charge in [-0.1, -0.05) is 6.92 Å². The molecule has 2 heterocycles. The monoisotopic (exact) mass is 455 g/mol. The predicted octanol–water partition coefficient (Wildman–Crippen LogP) is 3.54. The van der Waals surface area contributed by atoms with E-state index in [1.165, 1.54) is 25.2 Å². The van der Waals surface area contributed by atoms with Crippen molar-refractivity contribution < 1.29 is 24.3 Å². The Kier molecular flexibility index (Phi) is 6.42. The lowest BCUT2D eigenvalue weighted by Crippen LogP contribution is -2.38. The minimum absolute atomic E-state index is 0.0505. The van der Waals surface area contributed by atoms with Crippen molar-refractivity contribution >= 4 is 17.3 Å². The Morgan fingerprint density at radius 1 is 1.12 bits per heavy atom. The number of anilines is 1. The summed E-state index contributed by atoms with van der Waals surface area (Å²) in [5.41, 5.74) is 1.94. The molecule has 0 saturated carbocycles. The van der Waals surface area contributed by atoms with Crippen LogP contribution in [0.2, 0.25) is 0 Å². The Hall–Kier alpha value is -3.33. The Bertz CT molecular complexity index is 1060. The van der Waals surface area contributed by atoms with E-state index in [2.05, 4.69) is 6.92 Å². The second kappa shape index (κ2) is 9.27. The lowest BCUT2D eigenvalue weighted by atomic mass is 9.94. The van der Waals surface area contributed by atoms with Gasteiger partial charge in [0.1, 0.15) is 23.3 Å². The summed E-state index contributed by atoms with van der Waals surface area (Å²) in [6.07, 6.45) is 0.995. The van der Waals surface area contributed by atoms with Crippen LogP contribution in [-0.4, -0.2) is 54.7 Å². The number of benzene rings is 2. The van der Waals surface area contributed by atoms with E-state index in [0.29, 0.717) is 34.2 Å². The van der Waals surface area contributed by atoms with Gasteiger partial charge in [0.05, 0.1) is 32.2 Å². The fraction of sp³-hybridized carbons (Fsp3) is 0.458. The minimum Gasteiger partial charge on any atom is -0.496 e. The first-order chi connectivity index (χ1) is 15.8. The number of β-amino-alcohol motifs (C(OH)–C–C–N with tert-alkyl or cyclic N) is 1. The zero-order valence-electron chi connectivity index (χ0n) is 19.1. The first-order valence-electron chi connectivity index (χ1n) is 11.1. The highest BCUT2D eigenvalue weighted by molar-refractivity contribution is 5.96. The van der Waals surface area contributed by atoms with Crippen molar-refractivity contribution in [3.8, 4) is 11.5 Å². The normalized spacial score (nSPS) is 18.6. The molecule has 1 unspecified atom stereocenters. The lowest BCUT2D eigenvalue weighted by molar-refractivity contribution is -0.384. The van der Waals surface area contributed by atoms with E-state index in [1.807, 2.05) is 4.90 Å². The number of hydrogen-bond acceptors (Lipinski definition) is 7. The quantitative estimate of drug-likeness (QED) is 0.543. The highest BCUT2D eigenvalue weighted by atomic mass is 16.6. The zero-order valence-corrected chi connectivity index (χ0v) is 19.1. The number of aliphatic hydroxyl groups excluding tert-OH is 1. The van der Waals surface area contributed by atoms with Crippen LogP contribution in [0.25, 0.3) is 0 Å². The van der Waals surface area contributed by atoms with Crippen LogP contribution in [0.1, 0.15) is 47.4 Å². The van der Waals surface area contributed by atoms with Gasteiger partial charge >= 0.3 is 0 Å². The number of fused-ring (bicyclic) bond motifs is 1. The third-order valence-corrected chi connectivity index (χ3v) is 6.62. The van der Waals surface area contributed by atoms with Crippen LogP contribution in [0.5, 0.6) is 11.5 Å². The van der Waals surface area contributed by atoms with Gasteiger partial charge in [-0.2, -0.15) is 0 Å². The molecular formula is C24H29N3O6. The van der Waals surface area contributed by atoms with Crippen molar-refractivity contribution in [3.05, 3.63) is 57.1 Å². The molecule has 176 valence electrons. The fourth-order valence-electron chi connectivity index (χ4n) is 4.73. The number of rotatable bonds is 5. The molecule has 1 atom stereocenters. The second-order valence-electron chi connectivity index (χ2n) is 8.69. The molecule has 0 aliphatic carbocycles. The Morgan fingerprint density at radius 2 is 1.79 bits per heavy atom. The van der Waals surface area contributed by atoms with Crippen molar-refractivity contribution in [1.29, 1.82) is 0 Å². The van der Waals surface area contributed by atoms with Crippen LogP contribution < -0.4 is 14.4 Å². The number of ether oxygens (including phenoxy) is 2. The van der Waals surface area contributed by atoms with Crippen LogP contribution in [0.3, 0.4) is 0 Å². The summed E-state index contributed by atoms with van der Waals surface area (Å²) in [6.45, 7) is 3.95. The number of methoxy groups -OCH3 is 2. The van der Waals surface area contributed by atoms with Crippen LogP contribution in [0.4, 0.5) is 11.4 Å². The largest absolute Gasteiger partial charge is 0.496 e. The highest BCUT2D eigenvalue weighted by Crippen LogP contribution is 2.40. The molecule has 4 rings (SSSR count). The molecule has 0 spiro atoms. The molecule has 2 aromatic carbocycles. The van der Waals surface area contributed by atoms with Crippen molar-refractivity contribution in [1.82, 2.24) is 4.90 Å². The van der Waals surface area contributed by atoms with Gasteiger partial charge < -0.3 is 24.4 Å². The molecule has 1 N–H and O–H groups in total. The van der Waals surface area contributed by atoms with Crippen LogP contribution in [0.15, 0.2) is 30.3 Å². The Balaban J connectivity index is 1.64. The summed E-state index contributed by atoms with van der Waals surface area (Å²) in [7, 11) is 3.05. The summed E-state index contributed by atoms with van der Waals surface area (Å²) < 4.78 is 10.8. The van der Waals surface area contributed by atoms with Gasteiger partial charge in [0.25, 0.3) is 11.6 Å². The van der Waals surface area contributed by atoms with Gasteiger partial charge in [-0.25, -0.2) is 0 Å². The standard InChI is InChI=1S/C24H29N3O6/c1-15-8-10-25(11-9-15)18-5-4-16(12-19(18)27(30)31)24(29)26-13-17-21(32-2)6-7-22(33-3)23(17)20(28)14-26/h4-7,12,15,20,28H,8-11,13-14H2,1-3H3. The Labute approximate surface area is 192 Å². The van der Waals surface area contributed by atoms with Crippen molar-refractivity contribution in [3.63, 3.8) is 0 Å². The number of carbonyl (C=O) groups excluding carboxylic acids is 1. The van der Waals surface area contributed by atoms with E-state index in [0.717, 1.165) is 25.9 Å². The molecule has 0 bridgehead atoms. The number of nitrogens with zero attached hydrogens (tertiary/aromatic N) is 3. The number of piperidine rings is 1. The van der Waals surface area contributed by atoms with Gasteiger partial charge in [-0.15, -0.1) is 0 Å². The molecule has 2 aromatic rings. The predicted molar refractivity (Wildman–Crippen MR) is 123 cm³/mol. The topological polar surface area (TPSA) is 105 Å². The molecule has 2 aliphatic heterocycles.